The molecule has 0 aliphatic rings. The number of hydrogen-bond acceptors (Lipinski definition) is 7. The Balaban J connectivity index is 2.22. The maximum absolute atomic E-state index is 13.1. The minimum Gasteiger partial charge on any atom is -0.396 e. The van der Waals surface area contributed by atoms with E-state index in [0.29, 0.717) is 23.6 Å². The molecule has 10 heteroatoms. The van der Waals surface area contributed by atoms with E-state index in [2.05, 4.69) is 45.6 Å². The zero-order valence-corrected chi connectivity index (χ0v) is 21.3. The van der Waals surface area contributed by atoms with Gasteiger partial charge in [0.05, 0.1) is 11.1 Å². The maximum atomic E-state index is 13.1. The van der Waals surface area contributed by atoms with Gasteiger partial charge in [-0.05, 0) is 42.5 Å². The molecule has 7 nitrogen and oxygen atoms in total. The Morgan fingerprint density at radius 2 is 2.00 bits per heavy atom. The quantitative estimate of drug-likeness (QED) is 0.149. The molecule has 0 unspecified atom stereocenters. The van der Waals surface area contributed by atoms with Gasteiger partial charge in [-0.25, -0.2) is 9.97 Å². The normalized spacial score (nSPS) is 12.4. The monoisotopic (exact) mass is 524 g/mol. The van der Waals surface area contributed by atoms with Crippen LogP contribution >= 0.6 is 0 Å². The molecule has 38 heavy (non-hydrogen) atoms. The van der Waals surface area contributed by atoms with Gasteiger partial charge in [0.1, 0.15) is 23.7 Å². The van der Waals surface area contributed by atoms with Gasteiger partial charge < -0.3 is 21.5 Å². The van der Waals surface area contributed by atoms with E-state index in [0.717, 1.165) is 17.7 Å². The van der Waals surface area contributed by atoms with Crippen molar-refractivity contribution < 1.29 is 18.3 Å². The van der Waals surface area contributed by atoms with Crippen molar-refractivity contribution in [2.75, 3.05) is 29.5 Å². The number of nitrogen functional groups attached to an aromatic ring is 1. The van der Waals surface area contributed by atoms with E-state index in [1.54, 1.807) is 25.2 Å². The Hall–Kier alpha value is -4.36. The van der Waals surface area contributed by atoms with E-state index in [1.165, 1.54) is 18.5 Å². The number of benzene rings is 1. The van der Waals surface area contributed by atoms with Crippen LogP contribution < -0.4 is 16.4 Å². The number of aliphatic hydroxyl groups is 1. The van der Waals surface area contributed by atoms with Crippen molar-refractivity contribution >= 4 is 23.0 Å². The van der Waals surface area contributed by atoms with Crippen LogP contribution in [-0.4, -0.2) is 33.9 Å². The molecule has 0 saturated heterocycles. The summed E-state index contributed by atoms with van der Waals surface area (Å²) in [5, 5.41) is 23.6. The molecule has 1 aromatic heterocycles. The van der Waals surface area contributed by atoms with Crippen LogP contribution in [0.5, 0.6) is 0 Å². The third kappa shape index (κ3) is 9.26. The van der Waals surface area contributed by atoms with Crippen LogP contribution in [0.3, 0.4) is 0 Å². The van der Waals surface area contributed by atoms with Gasteiger partial charge in [-0.1, -0.05) is 55.9 Å². The number of hydrogen-bond donors (Lipinski definition) is 5. The lowest BCUT2D eigenvalue weighted by molar-refractivity contribution is -0.137. The highest BCUT2D eigenvalue weighted by molar-refractivity contribution is 6.16. The molecule has 6 N–H and O–H groups in total. The Bertz CT molecular complexity index is 1300. The first kappa shape index (κ1) is 29.9. The number of anilines is 3. The molecular weight excluding hydrogens is 493 g/mol. The second kappa shape index (κ2) is 13.8. The van der Waals surface area contributed by atoms with Crippen molar-refractivity contribution in [3.8, 4) is 11.8 Å². The van der Waals surface area contributed by atoms with Crippen LogP contribution in [0, 0.1) is 23.2 Å². The summed E-state index contributed by atoms with van der Waals surface area (Å²) in [6.07, 6.45) is 2.23. The molecule has 1 atom stereocenters. The minimum absolute atomic E-state index is 0.0114. The highest BCUT2D eigenvalue weighted by Crippen LogP contribution is 2.31. The van der Waals surface area contributed by atoms with Crippen molar-refractivity contribution in [1.29, 1.82) is 5.41 Å². The van der Waals surface area contributed by atoms with Gasteiger partial charge in [-0.15, -0.1) is 0 Å². The zero-order chi connectivity index (χ0) is 28.3. The maximum Gasteiger partial charge on any atom is 0.416 e. The van der Waals surface area contributed by atoms with Crippen LogP contribution in [0.2, 0.25) is 0 Å². The molecule has 1 heterocycles. The third-order valence-electron chi connectivity index (χ3n) is 5.07. The molecule has 0 bridgehead atoms. The van der Waals surface area contributed by atoms with Crippen molar-refractivity contribution in [1.82, 2.24) is 9.97 Å². The molecule has 200 valence electrons. The number of aromatic nitrogens is 2. The van der Waals surface area contributed by atoms with Gasteiger partial charge in [0, 0.05) is 31.0 Å². The van der Waals surface area contributed by atoms with Gasteiger partial charge in [-0.3, -0.25) is 5.41 Å². The fourth-order valence-electron chi connectivity index (χ4n) is 3.02. The fraction of sp³-hybridized carbons (Fsp3) is 0.250. The number of aliphatic hydroxyl groups excluding tert-OH is 1. The average Bonchev–Trinajstić information content (AvgIpc) is 2.86. The Morgan fingerprint density at radius 3 is 2.66 bits per heavy atom. The highest BCUT2D eigenvalue weighted by atomic mass is 19.4. The van der Waals surface area contributed by atoms with Gasteiger partial charge in [0.25, 0.3) is 0 Å². The predicted octanol–water partition coefficient (Wildman–Crippen LogP) is 5.56. The molecule has 0 saturated carbocycles. The van der Waals surface area contributed by atoms with Crippen LogP contribution in [0.25, 0.3) is 0 Å². The van der Waals surface area contributed by atoms with E-state index < -0.39 is 11.7 Å². The van der Waals surface area contributed by atoms with Crippen molar-refractivity contribution in [2.24, 2.45) is 5.92 Å². The summed E-state index contributed by atoms with van der Waals surface area (Å²) in [6, 6.07) is 4.83. The molecular formula is C28H31F3N6O. The van der Waals surface area contributed by atoms with Crippen LogP contribution in [0.15, 0.2) is 78.8 Å². The first-order valence-electron chi connectivity index (χ1n) is 11.6. The molecule has 0 spiro atoms. The standard InChI is InChI=1S/C28H31F3N6O/c1-18(2)12-13-21(20(4)37-23-10-7-9-22(14-23)28(29,30)31)8-5-6-11-24(32)25-26(33)35-17-36-27(25)34-15-19(3)16-38/h7-10,12-14,17,19,32,37-38H,1,4-5,15-16H2,2-3H3,(H3,33,34,35,36)/b13-12-,21-8+,32-24?/t19-/m1/s1. The second-order valence-electron chi connectivity index (χ2n) is 8.55. The van der Waals surface area contributed by atoms with Gasteiger partial charge >= 0.3 is 6.18 Å². The molecule has 2 rings (SSSR count). The van der Waals surface area contributed by atoms with E-state index in [4.69, 9.17) is 11.1 Å². The lowest BCUT2D eigenvalue weighted by Crippen LogP contribution is -2.18. The van der Waals surface area contributed by atoms with Crippen LogP contribution in [0.1, 0.15) is 31.4 Å². The summed E-state index contributed by atoms with van der Waals surface area (Å²) in [5.41, 5.74) is 7.32. The number of halogens is 3. The minimum atomic E-state index is -4.46. The lowest BCUT2D eigenvalue weighted by Gasteiger charge is -2.13. The van der Waals surface area contributed by atoms with Crippen molar-refractivity contribution in [2.45, 2.75) is 26.4 Å². The molecule has 0 fully saturated rings. The molecule has 0 aliphatic heterocycles. The van der Waals surface area contributed by atoms with Gasteiger partial charge in [-0.2, -0.15) is 13.2 Å². The third-order valence-corrected chi connectivity index (χ3v) is 5.07. The summed E-state index contributed by atoms with van der Waals surface area (Å²) >= 11 is 0. The largest absolute Gasteiger partial charge is 0.416 e. The Kier molecular flexibility index (Phi) is 10.9. The number of alkyl halides is 3. The summed E-state index contributed by atoms with van der Waals surface area (Å²) in [6.45, 7) is 11.8. The average molecular weight is 525 g/mol. The topological polar surface area (TPSA) is 120 Å². The van der Waals surface area contributed by atoms with E-state index in [-0.39, 0.29) is 41.7 Å². The predicted molar refractivity (Wildman–Crippen MR) is 147 cm³/mol. The molecule has 1 aromatic carbocycles. The molecule has 0 aliphatic carbocycles. The lowest BCUT2D eigenvalue weighted by atomic mass is 10.1. The Labute approximate surface area is 220 Å². The first-order chi connectivity index (χ1) is 17.9. The number of allylic oxidation sites excluding steroid dienone is 4. The van der Waals surface area contributed by atoms with Crippen LogP contribution in [0.4, 0.5) is 30.5 Å². The Morgan fingerprint density at radius 1 is 1.26 bits per heavy atom. The SMILES string of the molecule is C=C(C)/C=C\C(=C/CC#CC(=N)c1c(N)ncnc1NC[C@@H](C)CO)C(=C)Nc1cccc(C(F)(F)F)c1. The number of nitrogens with two attached hydrogens (primary N) is 1. The van der Waals surface area contributed by atoms with E-state index >= 15 is 0 Å². The van der Waals surface area contributed by atoms with Crippen molar-refractivity contribution in [3.05, 3.63) is 89.9 Å². The number of nitrogens with zero attached hydrogens (tertiary/aromatic N) is 2. The smallest absolute Gasteiger partial charge is 0.396 e. The first-order valence-corrected chi connectivity index (χ1v) is 11.6. The van der Waals surface area contributed by atoms with Crippen molar-refractivity contribution in [3.63, 3.8) is 0 Å². The molecule has 2 aromatic rings. The molecule has 0 amide bonds. The van der Waals surface area contributed by atoms with Gasteiger partial charge in [0.2, 0.25) is 0 Å². The second-order valence-corrected chi connectivity index (χ2v) is 8.55. The summed E-state index contributed by atoms with van der Waals surface area (Å²) in [7, 11) is 0. The highest BCUT2D eigenvalue weighted by Gasteiger charge is 2.30. The summed E-state index contributed by atoms with van der Waals surface area (Å²) < 4.78 is 39.2. The molecule has 0 radical (unpaired) electrons. The number of nitrogens with one attached hydrogen (secondary N) is 3. The zero-order valence-electron chi connectivity index (χ0n) is 21.3. The summed E-state index contributed by atoms with van der Waals surface area (Å²) in [4.78, 5) is 8.08. The van der Waals surface area contributed by atoms with Gasteiger partial charge in [0.15, 0.2) is 0 Å². The van der Waals surface area contributed by atoms with E-state index in [9.17, 15) is 18.3 Å². The van der Waals surface area contributed by atoms with E-state index in [1.807, 2.05) is 6.92 Å². The van der Waals surface area contributed by atoms with Crippen LogP contribution in [-0.2, 0) is 6.18 Å². The number of rotatable bonds is 11. The summed E-state index contributed by atoms with van der Waals surface area (Å²) in [5.74, 6) is 6.02. The fourth-order valence-corrected chi connectivity index (χ4v) is 3.02.